The number of fused-ring (bicyclic) bond motifs is 1. The number of carbonyl (C=O) groups excluding carboxylic acids is 2. The second-order valence-corrected chi connectivity index (χ2v) is 9.97. The van der Waals surface area contributed by atoms with Crippen molar-refractivity contribution < 1.29 is 27.5 Å². The molecule has 3 heterocycles. The summed E-state index contributed by atoms with van der Waals surface area (Å²) in [7, 11) is 0. The Morgan fingerprint density at radius 1 is 1.22 bits per heavy atom. The lowest BCUT2D eigenvalue weighted by atomic mass is 10.0. The molecule has 2 saturated heterocycles. The molecule has 11 heteroatoms. The van der Waals surface area contributed by atoms with Gasteiger partial charge in [0.1, 0.15) is 0 Å². The summed E-state index contributed by atoms with van der Waals surface area (Å²) in [6.07, 6.45) is -0.708. The topological polar surface area (TPSA) is 76.5 Å². The predicted molar refractivity (Wildman–Crippen MR) is 135 cm³/mol. The van der Waals surface area contributed by atoms with Crippen LogP contribution < -0.4 is 5.32 Å². The van der Waals surface area contributed by atoms with Crippen molar-refractivity contribution in [2.24, 2.45) is 0 Å². The number of imide groups is 1. The van der Waals surface area contributed by atoms with Crippen molar-refractivity contribution in [3.05, 3.63) is 69.8 Å². The first-order chi connectivity index (χ1) is 17.7. The molecule has 2 aliphatic heterocycles. The van der Waals surface area contributed by atoms with Crippen LogP contribution in [0.3, 0.4) is 0 Å². The summed E-state index contributed by atoms with van der Waals surface area (Å²) in [4.78, 5) is 26.9. The van der Waals surface area contributed by atoms with Gasteiger partial charge in [-0.15, -0.1) is 0 Å². The number of carbonyl (C=O) groups is 2. The van der Waals surface area contributed by atoms with E-state index in [1.165, 1.54) is 21.7 Å². The first-order valence-corrected chi connectivity index (χ1v) is 12.8. The first kappa shape index (κ1) is 25.5. The van der Waals surface area contributed by atoms with Crippen LogP contribution in [0.2, 0.25) is 0 Å². The van der Waals surface area contributed by atoms with Crippen molar-refractivity contribution in [1.82, 2.24) is 20.0 Å². The molecular weight excluding hydrogens is 505 g/mol. The zero-order valence-corrected chi connectivity index (χ0v) is 20.9. The first-order valence-electron chi connectivity index (χ1n) is 11.9. The van der Waals surface area contributed by atoms with Crippen LogP contribution in [0, 0.1) is 0 Å². The lowest BCUT2D eigenvalue weighted by molar-refractivity contribution is -0.138. The number of morpholine rings is 1. The second kappa shape index (κ2) is 10.3. The van der Waals surface area contributed by atoms with E-state index in [0.29, 0.717) is 47.7 Å². The highest BCUT2D eigenvalue weighted by Crippen LogP contribution is 2.35. The van der Waals surface area contributed by atoms with Gasteiger partial charge in [-0.2, -0.15) is 18.3 Å². The van der Waals surface area contributed by atoms with Crippen LogP contribution in [0.4, 0.5) is 18.0 Å². The number of nitrogens with zero attached hydrogens (tertiary/aromatic N) is 3. The van der Waals surface area contributed by atoms with Gasteiger partial charge in [0.2, 0.25) is 0 Å². The average Bonchev–Trinajstić information content (AvgIpc) is 3.39. The molecule has 194 valence electrons. The van der Waals surface area contributed by atoms with Gasteiger partial charge in [-0.05, 0) is 59.1 Å². The van der Waals surface area contributed by atoms with Crippen LogP contribution >= 0.6 is 11.8 Å². The summed E-state index contributed by atoms with van der Waals surface area (Å²) in [5.41, 5.74) is 1.48. The average molecular weight is 531 g/mol. The van der Waals surface area contributed by atoms with Crippen molar-refractivity contribution in [2.75, 3.05) is 26.3 Å². The van der Waals surface area contributed by atoms with Gasteiger partial charge in [0, 0.05) is 24.5 Å². The Morgan fingerprint density at radius 2 is 2.05 bits per heavy atom. The van der Waals surface area contributed by atoms with E-state index >= 15 is 0 Å². The molecule has 0 spiro atoms. The van der Waals surface area contributed by atoms with Crippen LogP contribution in [0.25, 0.3) is 17.0 Å². The maximum absolute atomic E-state index is 13.7. The SMILES string of the molecule is CCc1ccc(Cn2ncc3cc(C=C4SC(=O)N(CC5COCCN5)C4=O)ccc32)c(C(F)(F)F)c1. The fourth-order valence-corrected chi connectivity index (χ4v) is 5.34. The third kappa shape index (κ3) is 5.43. The zero-order chi connectivity index (χ0) is 26.2. The maximum Gasteiger partial charge on any atom is 0.416 e. The Labute approximate surface area is 215 Å². The van der Waals surface area contributed by atoms with Crippen LogP contribution in [0.15, 0.2) is 47.5 Å². The van der Waals surface area contributed by atoms with E-state index < -0.39 is 11.7 Å². The van der Waals surface area contributed by atoms with E-state index in [1.807, 2.05) is 6.92 Å². The Bertz CT molecular complexity index is 1380. The molecule has 2 aliphatic rings. The molecule has 1 atom stereocenters. The highest BCUT2D eigenvalue weighted by atomic mass is 32.2. The molecule has 2 fully saturated rings. The van der Waals surface area contributed by atoms with Crippen molar-refractivity contribution in [2.45, 2.75) is 32.1 Å². The quantitative estimate of drug-likeness (QED) is 0.466. The molecule has 5 rings (SSSR count). The Kier molecular flexibility index (Phi) is 7.11. The fourth-order valence-electron chi connectivity index (χ4n) is 4.49. The van der Waals surface area contributed by atoms with Crippen molar-refractivity contribution >= 4 is 39.9 Å². The standard InChI is InChI=1S/C26H25F3N4O3S/c1-2-16-3-5-18(21(10-16)26(27,28)29)13-33-22-6-4-17(9-19(22)12-31-33)11-23-24(34)32(25(35)37-23)14-20-15-36-8-7-30-20/h3-6,9-12,20,30H,2,7-8,13-15H2,1H3. The van der Waals surface area contributed by atoms with Gasteiger partial charge in [-0.3, -0.25) is 19.2 Å². The molecule has 3 aromatic rings. The second-order valence-electron chi connectivity index (χ2n) is 8.98. The number of amides is 2. The number of rotatable bonds is 6. The van der Waals surface area contributed by atoms with Crippen LogP contribution in [-0.2, 0) is 28.7 Å². The third-order valence-electron chi connectivity index (χ3n) is 6.45. The number of aryl methyl sites for hydroxylation is 1. The number of alkyl halides is 3. The molecule has 0 bridgehead atoms. The fraction of sp³-hybridized carbons (Fsp3) is 0.346. The largest absolute Gasteiger partial charge is 0.416 e. The lowest BCUT2D eigenvalue weighted by Crippen LogP contribution is -2.49. The van der Waals surface area contributed by atoms with Gasteiger partial charge < -0.3 is 10.1 Å². The number of benzene rings is 2. The van der Waals surface area contributed by atoms with E-state index in [1.54, 1.807) is 36.5 Å². The Morgan fingerprint density at radius 3 is 2.78 bits per heavy atom. The Balaban J connectivity index is 1.36. The van der Waals surface area contributed by atoms with Crippen LogP contribution in [-0.4, -0.2) is 58.2 Å². The van der Waals surface area contributed by atoms with Gasteiger partial charge in [0.25, 0.3) is 11.1 Å². The molecule has 0 aliphatic carbocycles. The summed E-state index contributed by atoms with van der Waals surface area (Å²) in [6.45, 7) is 3.75. The molecule has 0 saturated carbocycles. The van der Waals surface area contributed by atoms with E-state index in [4.69, 9.17) is 4.74 Å². The highest BCUT2D eigenvalue weighted by Gasteiger charge is 2.37. The molecule has 2 aromatic carbocycles. The molecule has 1 unspecified atom stereocenters. The smallest absolute Gasteiger partial charge is 0.378 e. The summed E-state index contributed by atoms with van der Waals surface area (Å²) >= 11 is 0.887. The summed E-state index contributed by atoms with van der Waals surface area (Å²) < 4.78 is 47.9. The predicted octanol–water partition coefficient (Wildman–Crippen LogP) is 4.69. The molecule has 1 aromatic heterocycles. The van der Waals surface area contributed by atoms with Gasteiger partial charge >= 0.3 is 6.18 Å². The zero-order valence-electron chi connectivity index (χ0n) is 20.0. The number of hydrogen-bond acceptors (Lipinski definition) is 6. The van der Waals surface area contributed by atoms with Crippen molar-refractivity contribution in [3.8, 4) is 0 Å². The van der Waals surface area contributed by atoms with E-state index in [0.717, 1.165) is 17.1 Å². The number of ether oxygens (including phenoxy) is 1. The summed E-state index contributed by atoms with van der Waals surface area (Å²) in [5, 5.41) is 7.94. The Hall–Kier alpha value is -3.15. The molecule has 1 N–H and O–H groups in total. The van der Waals surface area contributed by atoms with Crippen molar-refractivity contribution in [1.29, 1.82) is 0 Å². The van der Waals surface area contributed by atoms with Gasteiger partial charge in [-0.1, -0.05) is 25.1 Å². The third-order valence-corrected chi connectivity index (χ3v) is 7.35. The highest BCUT2D eigenvalue weighted by molar-refractivity contribution is 8.18. The lowest BCUT2D eigenvalue weighted by Gasteiger charge is -2.26. The van der Waals surface area contributed by atoms with Gasteiger partial charge in [0.05, 0.1) is 41.9 Å². The van der Waals surface area contributed by atoms with Gasteiger partial charge in [0.15, 0.2) is 0 Å². The maximum atomic E-state index is 13.7. The number of aromatic nitrogens is 2. The van der Waals surface area contributed by atoms with E-state index in [9.17, 15) is 22.8 Å². The molecular formula is C26H25F3N4O3S. The summed E-state index contributed by atoms with van der Waals surface area (Å²) in [6, 6.07) is 9.64. The van der Waals surface area contributed by atoms with E-state index in [-0.39, 0.29) is 35.8 Å². The molecule has 7 nitrogen and oxygen atoms in total. The number of halogens is 3. The van der Waals surface area contributed by atoms with Crippen LogP contribution in [0.5, 0.6) is 0 Å². The summed E-state index contributed by atoms with van der Waals surface area (Å²) in [5.74, 6) is -0.353. The van der Waals surface area contributed by atoms with Crippen LogP contribution in [0.1, 0.15) is 29.2 Å². The normalized spacial score (nSPS) is 19.9. The monoisotopic (exact) mass is 530 g/mol. The number of thioether (sulfide) groups is 1. The van der Waals surface area contributed by atoms with Gasteiger partial charge in [-0.25, -0.2) is 0 Å². The molecule has 37 heavy (non-hydrogen) atoms. The minimum atomic E-state index is -4.46. The minimum absolute atomic E-state index is 0.0283. The van der Waals surface area contributed by atoms with E-state index in [2.05, 4.69) is 10.4 Å². The molecule has 0 radical (unpaired) electrons. The minimum Gasteiger partial charge on any atom is -0.378 e. The number of hydrogen-bond donors (Lipinski definition) is 1. The van der Waals surface area contributed by atoms with Crippen molar-refractivity contribution in [3.63, 3.8) is 0 Å². The number of nitrogens with one attached hydrogen (secondary N) is 1. The molecule has 2 amide bonds.